The molecule has 8 nitrogen and oxygen atoms in total. The van der Waals surface area contributed by atoms with E-state index in [0.29, 0.717) is 29.4 Å². The molecule has 1 aromatic carbocycles. The molecule has 1 aliphatic heterocycles. The Kier molecular flexibility index (Phi) is 4.44. The van der Waals surface area contributed by atoms with Gasteiger partial charge in [-0.25, -0.2) is 14.8 Å². The lowest BCUT2D eigenvalue weighted by atomic mass is 9.98. The number of hydrogen-bond acceptors (Lipinski definition) is 5. The number of fused-ring (bicyclic) bond motifs is 1. The molecule has 146 valence electrons. The quantitative estimate of drug-likeness (QED) is 0.552. The van der Waals surface area contributed by atoms with Gasteiger partial charge in [-0.3, -0.25) is 4.98 Å². The van der Waals surface area contributed by atoms with Crippen LogP contribution < -0.4 is 5.32 Å². The van der Waals surface area contributed by atoms with Crippen LogP contribution in [0.25, 0.3) is 22.7 Å². The number of carbonyl (C=O) groups excluding carboxylic acids is 1. The second-order valence-corrected chi connectivity index (χ2v) is 7.11. The summed E-state index contributed by atoms with van der Waals surface area (Å²) in [7, 11) is 0. The van der Waals surface area contributed by atoms with Gasteiger partial charge in [0.25, 0.3) is 0 Å². The SMILES string of the molecule is O=C(Nc1ccc2nc(-c3ccccn3)oc2c1)N1CCCC(c2ncc[nH]2)C1. The third-order valence-corrected chi connectivity index (χ3v) is 5.14. The summed E-state index contributed by atoms with van der Waals surface area (Å²) in [4.78, 5) is 30.8. The van der Waals surface area contributed by atoms with Crippen LogP contribution in [0.1, 0.15) is 24.6 Å². The van der Waals surface area contributed by atoms with Gasteiger partial charge in [0.05, 0.1) is 0 Å². The van der Waals surface area contributed by atoms with E-state index in [1.54, 1.807) is 18.5 Å². The first-order chi connectivity index (χ1) is 14.3. The predicted molar refractivity (Wildman–Crippen MR) is 108 cm³/mol. The minimum Gasteiger partial charge on any atom is -0.435 e. The molecule has 0 bridgehead atoms. The van der Waals surface area contributed by atoms with E-state index in [9.17, 15) is 4.79 Å². The van der Waals surface area contributed by atoms with Crippen molar-refractivity contribution >= 4 is 22.8 Å². The largest absolute Gasteiger partial charge is 0.435 e. The number of H-pyrrole nitrogens is 1. The van der Waals surface area contributed by atoms with Gasteiger partial charge < -0.3 is 19.6 Å². The van der Waals surface area contributed by atoms with Gasteiger partial charge in [0.15, 0.2) is 5.58 Å². The second-order valence-electron chi connectivity index (χ2n) is 7.11. The van der Waals surface area contributed by atoms with Crippen LogP contribution in [0.2, 0.25) is 0 Å². The number of hydrogen-bond donors (Lipinski definition) is 2. The molecule has 1 fully saturated rings. The maximum Gasteiger partial charge on any atom is 0.321 e. The average molecular weight is 388 g/mol. The lowest BCUT2D eigenvalue weighted by Gasteiger charge is -2.31. The van der Waals surface area contributed by atoms with Crippen molar-refractivity contribution in [3.05, 3.63) is 60.8 Å². The summed E-state index contributed by atoms with van der Waals surface area (Å²) in [6.45, 7) is 1.38. The van der Waals surface area contributed by atoms with Gasteiger partial charge in [-0.05, 0) is 37.1 Å². The Morgan fingerprint density at radius 3 is 3.00 bits per heavy atom. The zero-order chi connectivity index (χ0) is 19.6. The fourth-order valence-corrected chi connectivity index (χ4v) is 3.69. The van der Waals surface area contributed by atoms with Gasteiger partial charge in [0, 0.05) is 49.4 Å². The predicted octanol–water partition coefficient (Wildman–Crippen LogP) is 4.02. The number of likely N-dealkylation sites (tertiary alicyclic amines) is 1. The third kappa shape index (κ3) is 3.56. The number of pyridine rings is 1. The molecule has 2 amide bonds. The molecule has 5 rings (SSSR count). The van der Waals surface area contributed by atoms with Crippen molar-refractivity contribution < 1.29 is 9.21 Å². The van der Waals surface area contributed by atoms with E-state index in [1.807, 2.05) is 41.4 Å². The number of rotatable bonds is 3. The van der Waals surface area contributed by atoms with Gasteiger partial charge in [0.2, 0.25) is 5.89 Å². The minimum atomic E-state index is -0.120. The first kappa shape index (κ1) is 17.4. The van der Waals surface area contributed by atoms with E-state index in [0.717, 1.165) is 30.7 Å². The molecule has 1 unspecified atom stereocenters. The molecule has 1 aliphatic rings. The highest BCUT2D eigenvalue weighted by Gasteiger charge is 2.26. The number of imidazole rings is 1. The number of anilines is 1. The van der Waals surface area contributed by atoms with E-state index in [2.05, 4.69) is 25.3 Å². The maximum absolute atomic E-state index is 12.8. The van der Waals surface area contributed by atoms with Gasteiger partial charge in [-0.15, -0.1) is 0 Å². The molecule has 0 radical (unpaired) electrons. The Balaban J connectivity index is 1.31. The monoisotopic (exact) mass is 388 g/mol. The molecule has 1 saturated heterocycles. The van der Waals surface area contributed by atoms with Crippen molar-refractivity contribution in [1.29, 1.82) is 0 Å². The number of piperidine rings is 1. The highest BCUT2D eigenvalue weighted by atomic mass is 16.3. The van der Waals surface area contributed by atoms with Crippen LogP contribution in [-0.4, -0.2) is 44.0 Å². The number of benzene rings is 1. The lowest BCUT2D eigenvalue weighted by Crippen LogP contribution is -2.41. The molecular weight excluding hydrogens is 368 g/mol. The molecule has 8 heteroatoms. The Morgan fingerprint density at radius 1 is 1.21 bits per heavy atom. The van der Waals surface area contributed by atoms with E-state index in [1.165, 1.54) is 0 Å². The summed E-state index contributed by atoms with van der Waals surface area (Å²) < 4.78 is 5.84. The van der Waals surface area contributed by atoms with E-state index in [-0.39, 0.29) is 11.9 Å². The summed E-state index contributed by atoms with van der Waals surface area (Å²) in [6.07, 6.45) is 7.25. The summed E-state index contributed by atoms with van der Waals surface area (Å²) in [6, 6.07) is 10.9. The van der Waals surface area contributed by atoms with Crippen molar-refractivity contribution in [1.82, 2.24) is 24.8 Å². The first-order valence-corrected chi connectivity index (χ1v) is 9.63. The maximum atomic E-state index is 12.8. The van der Waals surface area contributed by atoms with E-state index >= 15 is 0 Å². The lowest BCUT2D eigenvalue weighted by molar-refractivity contribution is 0.191. The topological polar surface area (TPSA) is 99.9 Å². The Labute approximate surface area is 167 Å². The Bertz CT molecular complexity index is 1120. The number of amides is 2. The summed E-state index contributed by atoms with van der Waals surface area (Å²) in [5, 5.41) is 2.97. The van der Waals surface area contributed by atoms with Crippen LogP contribution in [0.4, 0.5) is 10.5 Å². The van der Waals surface area contributed by atoms with Gasteiger partial charge in [-0.2, -0.15) is 0 Å². The minimum absolute atomic E-state index is 0.120. The molecule has 3 aromatic heterocycles. The van der Waals surface area contributed by atoms with Gasteiger partial charge in [-0.1, -0.05) is 6.07 Å². The van der Waals surface area contributed by atoms with Gasteiger partial charge in [0.1, 0.15) is 17.0 Å². The molecule has 1 atom stereocenters. The fraction of sp³-hybridized carbons (Fsp3) is 0.238. The Morgan fingerprint density at radius 2 is 2.17 bits per heavy atom. The average Bonchev–Trinajstić information content (AvgIpc) is 3.44. The van der Waals surface area contributed by atoms with Crippen LogP contribution in [-0.2, 0) is 0 Å². The number of oxazole rings is 1. The number of aromatic amines is 1. The van der Waals surface area contributed by atoms with E-state index < -0.39 is 0 Å². The number of nitrogens with one attached hydrogen (secondary N) is 2. The molecule has 2 N–H and O–H groups in total. The molecular formula is C21H20N6O2. The third-order valence-electron chi connectivity index (χ3n) is 5.14. The zero-order valence-corrected chi connectivity index (χ0v) is 15.7. The number of carbonyl (C=O) groups is 1. The molecule has 4 aromatic rings. The van der Waals surface area contributed by atoms with Crippen molar-refractivity contribution in [2.75, 3.05) is 18.4 Å². The van der Waals surface area contributed by atoms with Crippen molar-refractivity contribution in [2.45, 2.75) is 18.8 Å². The van der Waals surface area contributed by atoms with Crippen LogP contribution in [0.5, 0.6) is 0 Å². The number of nitrogens with zero attached hydrogens (tertiary/aromatic N) is 4. The second kappa shape index (κ2) is 7.38. The first-order valence-electron chi connectivity index (χ1n) is 9.63. The standard InChI is InChI=1S/C21H20N6O2/c28-21(27-11-3-4-14(13-27)19-23-9-10-24-19)25-15-6-7-16-18(12-15)29-20(26-16)17-5-1-2-8-22-17/h1-2,5-10,12,14H,3-4,11,13H2,(H,23,24)(H,25,28). The van der Waals surface area contributed by atoms with Gasteiger partial charge >= 0.3 is 6.03 Å². The zero-order valence-electron chi connectivity index (χ0n) is 15.7. The molecule has 0 aliphatic carbocycles. The molecule has 0 spiro atoms. The highest BCUT2D eigenvalue weighted by molar-refractivity contribution is 5.92. The smallest absolute Gasteiger partial charge is 0.321 e. The summed E-state index contributed by atoms with van der Waals surface area (Å²) in [5.74, 6) is 1.64. The van der Waals surface area contributed by atoms with Crippen molar-refractivity contribution in [3.63, 3.8) is 0 Å². The van der Waals surface area contributed by atoms with Crippen molar-refractivity contribution in [3.8, 4) is 11.6 Å². The molecule has 0 saturated carbocycles. The van der Waals surface area contributed by atoms with Crippen molar-refractivity contribution in [2.24, 2.45) is 0 Å². The van der Waals surface area contributed by atoms with Crippen LogP contribution >= 0.6 is 0 Å². The summed E-state index contributed by atoms with van der Waals surface area (Å²) >= 11 is 0. The number of aromatic nitrogens is 4. The van der Waals surface area contributed by atoms with Crippen LogP contribution in [0.15, 0.2) is 59.4 Å². The van der Waals surface area contributed by atoms with E-state index in [4.69, 9.17) is 4.42 Å². The normalized spacial score (nSPS) is 16.8. The Hall–Kier alpha value is -3.68. The molecule has 29 heavy (non-hydrogen) atoms. The highest BCUT2D eigenvalue weighted by Crippen LogP contribution is 2.27. The summed E-state index contributed by atoms with van der Waals surface area (Å²) in [5.41, 5.74) is 2.67. The fourth-order valence-electron chi connectivity index (χ4n) is 3.69. The number of urea groups is 1. The van der Waals surface area contributed by atoms with Crippen LogP contribution in [0.3, 0.4) is 0 Å². The molecule has 4 heterocycles. The van der Waals surface area contributed by atoms with Crippen LogP contribution in [0, 0.1) is 0 Å².